The first-order valence-corrected chi connectivity index (χ1v) is 8.17. The van der Waals surface area contributed by atoms with E-state index in [2.05, 4.69) is 15.9 Å². The summed E-state index contributed by atoms with van der Waals surface area (Å²) in [7, 11) is -1.60. The molecule has 0 bridgehead atoms. The average molecular weight is 314 g/mol. The maximum absolute atomic E-state index is 12.1. The molecule has 4 nitrogen and oxygen atoms in total. The van der Waals surface area contributed by atoms with Crippen molar-refractivity contribution in [1.29, 1.82) is 0 Å². The third-order valence-corrected chi connectivity index (χ3v) is 6.51. The van der Waals surface area contributed by atoms with E-state index in [4.69, 9.17) is 4.74 Å². The van der Waals surface area contributed by atoms with E-state index in [9.17, 15) is 8.42 Å². The van der Waals surface area contributed by atoms with E-state index < -0.39 is 15.6 Å². The van der Waals surface area contributed by atoms with Crippen LogP contribution in [0.4, 0.5) is 0 Å². The van der Waals surface area contributed by atoms with Gasteiger partial charge in [0.15, 0.2) is 0 Å². The molecule has 16 heavy (non-hydrogen) atoms. The van der Waals surface area contributed by atoms with E-state index in [0.29, 0.717) is 11.9 Å². The summed E-state index contributed by atoms with van der Waals surface area (Å²) < 4.78 is 31.0. The van der Waals surface area contributed by atoms with Crippen molar-refractivity contribution in [3.63, 3.8) is 0 Å². The Morgan fingerprint density at radius 3 is 2.56 bits per heavy atom. The molecule has 1 saturated heterocycles. The summed E-state index contributed by atoms with van der Waals surface area (Å²) in [5.41, 5.74) is -0.405. The molecule has 1 unspecified atom stereocenters. The fraction of sp³-hybridized carbons (Fsp3) is 1.00. The second kappa shape index (κ2) is 5.33. The number of ether oxygens (including phenoxy) is 1. The second-order valence-electron chi connectivity index (χ2n) is 4.83. The molecule has 0 saturated carbocycles. The van der Waals surface area contributed by atoms with E-state index in [0.717, 1.165) is 12.8 Å². The van der Waals surface area contributed by atoms with Crippen LogP contribution in [-0.2, 0) is 14.8 Å². The van der Waals surface area contributed by atoms with E-state index in [-0.39, 0.29) is 11.9 Å². The highest BCUT2D eigenvalue weighted by Crippen LogP contribution is 2.22. The normalized spacial score (nSPS) is 22.9. The third kappa shape index (κ3) is 3.42. The predicted octanol–water partition coefficient (Wildman–Crippen LogP) is 1.60. The van der Waals surface area contributed by atoms with E-state index in [1.54, 1.807) is 7.05 Å². The third-order valence-electron chi connectivity index (χ3n) is 3.02. The number of halogens is 1. The first-order valence-electron chi connectivity index (χ1n) is 5.44. The zero-order chi connectivity index (χ0) is 12.4. The minimum atomic E-state index is -3.24. The van der Waals surface area contributed by atoms with Gasteiger partial charge in [-0.05, 0) is 26.7 Å². The van der Waals surface area contributed by atoms with E-state index in [1.807, 2.05) is 13.8 Å². The summed E-state index contributed by atoms with van der Waals surface area (Å²) in [5.74, 6) is 0.0972. The molecule has 0 amide bonds. The minimum absolute atomic E-state index is 0.0972. The summed E-state index contributed by atoms with van der Waals surface area (Å²) in [6, 6.07) is 0. The highest BCUT2D eigenvalue weighted by Gasteiger charge is 2.34. The largest absolute Gasteiger partial charge is 0.377 e. The molecule has 0 N–H and O–H groups in total. The zero-order valence-corrected chi connectivity index (χ0v) is 12.5. The van der Waals surface area contributed by atoms with Crippen LogP contribution in [-0.4, -0.2) is 49.1 Å². The lowest BCUT2D eigenvalue weighted by Crippen LogP contribution is -2.48. The van der Waals surface area contributed by atoms with Gasteiger partial charge in [-0.15, -0.1) is 0 Å². The van der Waals surface area contributed by atoms with E-state index in [1.165, 1.54) is 4.31 Å². The Morgan fingerprint density at radius 2 is 2.12 bits per heavy atom. The molecule has 0 spiro atoms. The van der Waals surface area contributed by atoms with Gasteiger partial charge in [0, 0.05) is 24.5 Å². The Balaban J connectivity index is 2.69. The number of alkyl halides is 1. The first kappa shape index (κ1) is 14.4. The van der Waals surface area contributed by atoms with Crippen LogP contribution < -0.4 is 0 Å². The summed E-state index contributed by atoms with van der Waals surface area (Å²) in [6.45, 7) is 4.48. The van der Waals surface area contributed by atoms with Crippen LogP contribution in [0.15, 0.2) is 0 Å². The van der Waals surface area contributed by atoms with Crippen LogP contribution >= 0.6 is 15.9 Å². The molecule has 1 aliphatic heterocycles. The lowest BCUT2D eigenvalue weighted by Gasteiger charge is -2.33. The smallest absolute Gasteiger partial charge is 0.216 e. The average Bonchev–Trinajstić information content (AvgIpc) is 2.68. The number of hydrogen-bond acceptors (Lipinski definition) is 3. The molecule has 0 aromatic rings. The fourth-order valence-electron chi connectivity index (χ4n) is 1.58. The monoisotopic (exact) mass is 313 g/mol. The van der Waals surface area contributed by atoms with Crippen LogP contribution in [0.2, 0.25) is 0 Å². The summed E-state index contributed by atoms with van der Waals surface area (Å²) in [6.07, 6.45) is 1.69. The van der Waals surface area contributed by atoms with Crippen molar-refractivity contribution in [2.45, 2.75) is 38.3 Å². The van der Waals surface area contributed by atoms with Crippen LogP contribution in [0.1, 0.15) is 26.7 Å². The highest BCUT2D eigenvalue weighted by molar-refractivity contribution is 9.09. The molecule has 0 aliphatic carbocycles. The Hall–Kier alpha value is 0.350. The predicted molar refractivity (Wildman–Crippen MR) is 68.4 cm³/mol. The second-order valence-corrected chi connectivity index (χ2v) is 7.43. The molecule has 1 fully saturated rings. The van der Waals surface area contributed by atoms with E-state index >= 15 is 0 Å². The molecule has 6 heteroatoms. The van der Waals surface area contributed by atoms with Gasteiger partial charge in [0.05, 0.1) is 11.9 Å². The molecule has 1 aliphatic rings. The Labute approximate surface area is 107 Å². The van der Waals surface area contributed by atoms with Crippen molar-refractivity contribution >= 4 is 26.0 Å². The van der Waals surface area contributed by atoms with Crippen LogP contribution in [0.5, 0.6) is 0 Å². The summed E-state index contributed by atoms with van der Waals surface area (Å²) >= 11 is 3.34. The zero-order valence-electron chi connectivity index (χ0n) is 10.1. The van der Waals surface area contributed by atoms with Crippen molar-refractivity contribution in [1.82, 2.24) is 4.31 Å². The van der Waals surface area contributed by atoms with Crippen LogP contribution in [0, 0.1) is 0 Å². The number of sulfonamides is 1. The van der Waals surface area contributed by atoms with Crippen molar-refractivity contribution in [3.8, 4) is 0 Å². The van der Waals surface area contributed by atoms with Gasteiger partial charge in [-0.3, -0.25) is 0 Å². The van der Waals surface area contributed by atoms with Crippen LogP contribution in [0.3, 0.4) is 0 Å². The van der Waals surface area contributed by atoms with Crippen LogP contribution in [0.25, 0.3) is 0 Å². The van der Waals surface area contributed by atoms with Gasteiger partial charge in [-0.2, -0.15) is 4.31 Å². The molecule has 1 rings (SSSR count). The molecule has 1 atom stereocenters. The molecule has 0 aromatic carbocycles. The van der Waals surface area contributed by atoms with Gasteiger partial charge in [-0.1, -0.05) is 15.9 Å². The Morgan fingerprint density at radius 1 is 1.50 bits per heavy atom. The molecule has 1 heterocycles. The minimum Gasteiger partial charge on any atom is -0.377 e. The van der Waals surface area contributed by atoms with Crippen molar-refractivity contribution < 1.29 is 13.2 Å². The fourth-order valence-corrected chi connectivity index (χ4v) is 3.90. The number of rotatable bonds is 5. The van der Waals surface area contributed by atoms with Gasteiger partial charge < -0.3 is 4.74 Å². The highest BCUT2D eigenvalue weighted by atomic mass is 79.9. The number of hydrogen-bond donors (Lipinski definition) is 0. The Kier molecular flexibility index (Phi) is 4.80. The van der Waals surface area contributed by atoms with Crippen molar-refractivity contribution in [2.75, 3.05) is 24.7 Å². The van der Waals surface area contributed by atoms with Crippen molar-refractivity contribution in [3.05, 3.63) is 0 Å². The molecule has 96 valence electrons. The van der Waals surface area contributed by atoms with Gasteiger partial charge in [0.25, 0.3) is 0 Å². The first-order chi connectivity index (χ1) is 7.29. The lowest BCUT2D eigenvalue weighted by molar-refractivity contribution is 0.125. The molecular weight excluding hydrogens is 294 g/mol. The standard InChI is InChI=1S/C10H20BrNO3S/c1-10(2,8-11)12(3)16(13,14)7-9-5-4-6-15-9/h9H,4-8H2,1-3H3. The maximum Gasteiger partial charge on any atom is 0.216 e. The van der Waals surface area contributed by atoms with Gasteiger partial charge in [0.1, 0.15) is 0 Å². The van der Waals surface area contributed by atoms with Gasteiger partial charge in [0.2, 0.25) is 10.0 Å². The quantitative estimate of drug-likeness (QED) is 0.724. The Bertz CT molecular complexity index is 323. The molecular formula is C10H20BrNO3S. The topological polar surface area (TPSA) is 46.6 Å². The van der Waals surface area contributed by atoms with Gasteiger partial charge >= 0.3 is 0 Å². The number of nitrogens with zero attached hydrogens (tertiary/aromatic N) is 1. The van der Waals surface area contributed by atoms with Crippen molar-refractivity contribution in [2.24, 2.45) is 0 Å². The SMILES string of the molecule is CN(C(C)(C)CBr)S(=O)(=O)CC1CCCO1. The maximum atomic E-state index is 12.1. The molecule has 0 radical (unpaired) electrons. The summed E-state index contributed by atoms with van der Waals surface area (Å²) in [4.78, 5) is 0. The van der Waals surface area contributed by atoms with Gasteiger partial charge in [-0.25, -0.2) is 8.42 Å². The molecule has 0 aromatic heterocycles. The lowest BCUT2D eigenvalue weighted by atomic mass is 10.1. The summed E-state index contributed by atoms with van der Waals surface area (Å²) in [5, 5.41) is 0.612.